The summed E-state index contributed by atoms with van der Waals surface area (Å²) in [5, 5.41) is 9.59. The number of ether oxygens (including phenoxy) is 1. The molecule has 17 heavy (non-hydrogen) atoms. The Kier molecular flexibility index (Phi) is 3.32. The largest absolute Gasteiger partial charge is 0.368 e. The Labute approximate surface area is 104 Å². The number of nitriles is 1. The molecule has 0 aliphatic carbocycles. The molecule has 0 spiro atoms. The third-order valence-electron chi connectivity index (χ3n) is 2.66. The number of morpholine rings is 1. The Morgan fingerprint density at radius 1 is 1.59 bits per heavy atom. The molecule has 0 radical (unpaired) electrons. The Balaban J connectivity index is 2.45. The molecule has 1 saturated heterocycles. The van der Waals surface area contributed by atoms with Gasteiger partial charge in [0, 0.05) is 10.7 Å². The van der Waals surface area contributed by atoms with Gasteiger partial charge in [0.15, 0.2) is 0 Å². The molecule has 0 bridgehead atoms. The highest BCUT2D eigenvalue weighted by Gasteiger charge is 2.30. The Hall–Kier alpha value is -1.57. The van der Waals surface area contributed by atoms with E-state index in [2.05, 4.69) is 6.07 Å². The van der Waals surface area contributed by atoms with Crippen LogP contribution in [0.1, 0.15) is 5.56 Å². The quantitative estimate of drug-likeness (QED) is 0.765. The fourth-order valence-corrected chi connectivity index (χ4v) is 1.98. The minimum atomic E-state index is -0.589. The maximum Gasteiger partial charge on any atom is 0.254 e. The first kappa shape index (κ1) is 11.9. The van der Waals surface area contributed by atoms with E-state index in [1.54, 1.807) is 12.1 Å². The lowest BCUT2D eigenvalue weighted by Gasteiger charge is -2.32. The number of carbonyl (C=O) groups excluding carboxylic acids is 1. The number of aryl methyl sites for hydroxylation is 1. The van der Waals surface area contributed by atoms with Gasteiger partial charge in [-0.05, 0) is 24.6 Å². The Morgan fingerprint density at radius 3 is 3.06 bits per heavy atom. The summed E-state index contributed by atoms with van der Waals surface area (Å²) in [5.74, 6) is -0.215. The summed E-state index contributed by atoms with van der Waals surface area (Å²) >= 11 is 5.92. The summed E-state index contributed by atoms with van der Waals surface area (Å²) in [6.07, 6.45) is 0. The van der Waals surface area contributed by atoms with Crippen LogP contribution in [0.25, 0.3) is 0 Å². The number of hydrogen-bond donors (Lipinski definition) is 0. The molecule has 88 valence electrons. The number of anilines is 1. The molecule has 1 unspecified atom stereocenters. The number of benzene rings is 1. The number of carbonyl (C=O) groups is 1. The van der Waals surface area contributed by atoms with Crippen molar-refractivity contribution in [3.8, 4) is 6.07 Å². The normalized spacial score (nSPS) is 20.2. The highest BCUT2D eigenvalue weighted by molar-refractivity contribution is 6.31. The number of rotatable bonds is 1. The summed E-state index contributed by atoms with van der Waals surface area (Å²) in [6.45, 7) is 2.11. The van der Waals surface area contributed by atoms with Crippen LogP contribution in [-0.4, -0.2) is 25.2 Å². The van der Waals surface area contributed by atoms with Crippen LogP contribution in [0.5, 0.6) is 0 Å². The first-order valence-electron chi connectivity index (χ1n) is 5.19. The maximum absolute atomic E-state index is 11.8. The summed E-state index contributed by atoms with van der Waals surface area (Å²) in [4.78, 5) is 13.3. The molecule has 1 heterocycles. The molecule has 2 rings (SSSR count). The smallest absolute Gasteiger partial charge is 0.254 e. The summed E-state index contributed by atoms with van der Waals surface area (Å²) in [7, 11) is 0. The molecule has 1 aromatic carbocycles. The lowest BCUT2D eigenvalue weighted by Crippen LogP contribution is -2.49. The van der Waals surface area contributed by atoms with Gasteiger partial charge in [-0.25, -0.2) is 0 Å². The monoisotopic (exact) mass is 250 g/mol. The van der Waals surface area contributed by atoms with Gasteiger partial charge in [-0.1, -0.05) is 17.7 Å². The van der Waals surface area contributed by atoms with E-state index in [1.165, 1.54) is 4.90 Å². The van der Waals surface area contributed by atoms with E-state index in [9.17, 15) is 4.79 Å². The molecule has 0 aromatic heterocycles. The lowest BCUT2D eigenvalue weighted by molar-refractivity contribution is -0.126. The van der Waals surface area contributed by atoms with E-state index in [0.717, 1.165) is 5.56 Å². The number of halogens is 1. The molecule has 4 nitrogen and oxygen atoms in total. The van der Waals surface area contributed by atoms with Gasteiger partial charge >= 0.3 is 0 Å². The van der Waals surface area contributed by atoms with Gasteiger partial charge in [-0.15, -0.1) is 0 Å². The summed E-state index contributed by atoms with van der Waals surface area (Å²) < 4.78 is 5.06. The van der Waals surface area contributed by atoms with Crippen molar-refractivity contribution in [3.05, 3.63) is 28.8 Å². The zero-order chi connectivity index (χ0) is 12.4. The van der Waals surface area contributed by atoms with Crippen molar-refractivity contribution in [1.82, 2.24) is 0 Å². The van der Waals surface area contributed by atoms with Gasteiger partial charge in [-0.2, -0.15) is 5.26 Å². The van der Waals surface area contributed by atoms with E-state index >= 15 is 0 Å². The highest BCUT2D eigenvalue weighted by Crippen LogP contribution is 2.27. The average molecular weight is 251 g/mol. The molecular weight excluding hydrogens is 240 g/mol. The molecule has 5 heteroatoms. The lowest BCUT2D eigenvalue weighted by atomic mass is 10.1. The van der Waals surface area contributed by atoms with Crippen molar-refractivity contribution in [1.29, 1.82) is 5.26 Å². The minimum Gasteiger partial charge on any atom is -0.368 e. The Bertz CT molecular complexity index is 496. The second kappa shape index (κ2) is 4.74. The van der Waals surface area contributed by atoms with Crippen molar-refractivity contribution in [3.63, 3.8) is 0 Å². The third-order valence-corrected chi connectivity index (χ3v) is 2.90. The molecule has 0 N–H and O–H groups in total. The van der Waals surface area contributed by atoms with Crippen LogP contribution in [0.3, 0.4) is 0 Å². The van der Waals surface area contributed by atoms with Crippen molar-refractivity contribution in [2.75, 3.05) is 18.1 Å². The van der Waals surface area contributed by atoms with Gasteiger partial charge in [0.05, 0.1) is 12.7 Å². The van der Waals surface area contributed by atoms with Crippen LogP contribution >= 0.6 is 11.6 Å². The van der Waals surface area contributed by atoms with Crippen molar-refractivity contribution in [2.24, 2.45) is 0 Å². The fraction of sp³-hybridized carbons (Fsp3) is 0.333. The first-order chi connectivity index (χ1) is 8.13. The van der Waals surface area contributed by atoms with Gasteiger partial charge in [0.25, 0.3) is 5.91 Å². The van der Waals surface area contributed by atoms with Gasteiger partial charge in [0.2, 0.25) is 0 Å². The van der Waals surface area contributed by atoms with Crippen LogP contribution in [0.4, 0.5) is 5.69 Å². The molecule has 1 aromatic rings. The molecule has 1 aliphatic heterocycles. The number of nitrogens with zero attached hydrogens (tertiary/aromatic N) is 2. The molecule has 1 atom stereocenters. The third kappa shape index (κ3) is 2.26. The zero-order valence-corrected chi connectivity index (χ0v) is 10.1. The van der Waals surface area contributed by atoms with Crippen LogP contribution in [0, 0.1) is 18.3 Å². The van der Waals surface area contributed by atoms with Crippen LogP contribution in [0.15, 0.2) is 18.2 Å². The second-order valence-electron chi connectivity index (χ2n) is 3.85. The molecule has 1 fully saturated rings. The zero-order valence-electron chi connectivity index (χ0n) is 9.31. The van der Waals surface area contributed by atoms with Crippen LogP contribution in [0.2, 0.25) is 5.02 Å². The van der Waals surface area contributed by atoms with Crippen molar-refractivity contribution >= 4 is 23.2 Å². The molecule has 0 saturated carbocycles. The number of hydrogen-bond acceptors (Lipinski definition) is 3. The topological polar surface area (TPSA) is 53.3 Å². The van der Waals surface area contributed by atoms with Gasteiger partial charge < -0.3 is 4.74 Å². The summed E-state index contributed by atoms with van der Waals surface area (Å²) in [6, 6.07) is 6.76. The first-order valence-corrected chi connectivity index (χ1v) is 5.57. The Morgan fingerprint density at radius 2 is 2.35 bits per heavy atom. The minimum absolute atomic E-state index is 0.00410. The molecule has 1 amide bonds. The molecule has 1 aliphatic rings. The maximum atomic E-state index is 11.8. The van der Waals surface area contributed by atoms with Gasteiger partial charge in [0.1, 0.15) is 12.6 Å². The van der Waals surface area contributed by atoms with E-state index in [1.807, 2.05) is 13.0 Å². The average Bonchev–Trinajstić information content (AvgIpc) is 2.32. The van der Waals surface area contributed by atoms with Crippen LogP contribution < -0.4 is 4.90 Å². The fourth-order valence-electron chi connectivity index (χ4n) is 1.82. The highest BCUT2D eigenvalue weighted by atomic mass is 35.5. The van der Waals surface area contributed by atoms with Crippen molar-refractivity contribution < 1.29 is 9.53 Å². The van der Waals surface area contributed by atoms with E-state index < -0.39 is 6.04 Å². The molecular formula is C12H11ClN2O2. The second-order valence-corrected chi connectivity index (χ2v) is 4.29. The standard InChI is InChI=1S/C12H11ClN2O2/c1-8-2-3-9(13)4-11(8)15-10(5-14)6-17-7-12(15)16/h2-4,10H,6-7H2,1H3. The van der Waals surface area contributed by atoms with E-state index in [0.29, 0.717) is 10.7 Å². The number of amides is 1. The van der Waals surface area contributed by atoms with Crippen LogP contribution in [-0.2, 0) is 9.53 Å². The van der Waals surface area contributed by atoms with Crippen molar-refractivity contribution in [2.45, 2.75) is 13.0 Å². The summed E-state index contributed by atoms with van der Waals surface area (Å²) in [5.41, 5.74) is 1.59. The predicted molar refractivity (Wildman–Crippen MR) is 63.9 cm³/mol. The van der Waals surface area contributed by atoms with E-state index in [4.69, 9.17) is 21.6 Å². The van der Waals surface area contributed by atoms with Gasteiger partial charge in [-0.3, -0.25) is 9.69 Å². The SMILES string of the molecule is Cc1ccc(Cl)cc1N1C(=O)COCC1C#N. The predicted octanol–water partition coefficient (Wildman–Crippen LogP) is 1.90. The van der Waals surface area contributed by atoms with E-state index in [-0.39, 0.29) is 19.1 Å².